The topological polar surface area (TPSA) is 139 Å². The standard InChI is InChI=1S/C36H33Cl2FN6O5/c37-27-7-5-26(31(38)18-27)22-49-30-10-6-25(33(46)19-30)17-32(36(47)42-40)45-15-13-44(14-16-45)20-34-41-35(43-50-34)24-3-1-23(2-4-24)21-48-29-11-8-28(39)9-12-29/h1-12,17-19,46H,13-16,20-22,40H2,(H,42,47). The third-order valence-corrected chi connectivity index (χ3v) is 8.63. The Morgan fingerprint density at radius 2 is 1.66 bits per heavy atom. The summed E-state index contributed by atoms with van der Waals surface area (Å²) in [7, 11) is 0. The number of piperazine rings is 1. The summed E-state index contributed by atoms with van der Waals surface area (Å²) >= 11 is 12.2. The van der Waals surface area contributed by atoms with Crippen molar-refractivity contribution in [3.63, 3.8) is 0 Å². The van der Waals surface area contributed by atoms with Crippen LogP contribution in [-0.4, -0.2) is 57.1 Å². The summed E-state index contributed by atoms with van der Waals surface area (Å²) in [6.45, 7) is 3.23. The zero-order chi connectivity index (χ0) is 35.0. The fraction of sp³-hybridized carbons (Fsp3) is 0.194. The second-order valence-corrected chi connectivity index (χ2v) is 12.3. The Kier molecular flexibility index (Phi) is 11.1. The molecule has 4 aromatic carbocycles. The van der Waals surface area contributed by atoms with E-state index >= 15 is 0 Å². The predicted octanol–water partition coefficient (Wildman–Crippen LogP) is 6.19. The van der Waals surface area contributed by atoms with Crippen LogP contribution in [0.25, 0.3) is 17.5 Å². The van der Waals surface area contributed by atoms with Gasteiger partial charge in [-0.2, -0.15) is 4.98 Å². The molecule has 258 valence electrons. The third-order valence-electron chi connectivity index (χ3n) is 8.04. The van der Waals surface area contributed by atoms with E-state index in [0.29, 0.717) is 83.9 Å². The number of hydrogen-bond donors (Lipinski definition) is 3. The first-order chi connectivity index (χ1) is 24.2. The minimum atomic E-state index is -0.481. The van der Waals surface area contributed by atoms with Gasteiger partial charge in [-0.3, -0.25) is 15.1 Å². The second kappa shape index (κ2) is 16.0. The molecule has 0 atom stereocenters. The lowest BCUT2D eigenvalue weighted by Crippen LogP contribution is -2.48. The van der Waals surface area contributed by atoms with Gasteiger partial charge in [0.25, 0.3) is 5.91 Å². The van der Waals surface area contributed by atoms with Crippen molar-refractivity contribution in [2.45, 2.75) is 19.8 Å². The zero-order valence-corrected chi connectivity index (χ0v) is 28.2. The van der Waals surface area contributed by atoms with Crippen LogP contribution in [0.1, 0.15) is 22.6 Å². The van der Waals surface area contributed by atoms with Gasteiger partial charge in [-0.15, -0.1) is 0 Å². The van der Waals surface area contributed by atoms with Crippen molar-refractivity contribution in [2.75, 3.05) is 26.2 Å². The van der Waals surface area contributed by atoms with E-state index in [-0.39, 0.29) is 18.2 Å². The molecule has 0 spiro atoms. The summed E-state index contributed by atoms with van der Waals surface area (Å²) < 4.78 is 30.2. The largest absolute Gasteiger partial charge is 0.507 e. The molecular weight excluding hydrogens is 686 g/mol. The number of halogens is 3. The van der Waals surface area contributed by atoms with E-state index in [2.05, 4.69) is 20.5 Å². The molecule has 1 aliphatic heterocycles. The van der Waals surface area contributed by atoms with E-state index in [1.807, 2.05) is 29.2 Å². The van der Waals surface area contributed by atoms with Gasteiger partial charge in [0, 0.05) is 59.0 Å². The maximum Gasteiger partial charge on any atom is 0.281 e. The number of carbonyl (C=O) groups excluding carboxylic acids is 1. The van der Waals surface area contributed by atoms with Gasteiger partial charge in [0.15, 0.2) is 0 Å². The number of hydrogen-bond acceptors (Lipinski definition) is 10. The molecule has 1 fully saturated rings. The number of phenols is 1. The predicted molar refractivity (Wildman–Crippen MR) is 187 cm³/mol. The third kappa shape index (κ3) is 8.90. The lowest BCUT2D eigenvalue weighted by atomic mass is 10.1. The fourth-order valence-corrected chi connectivity index (χ4v) is 5.74. The molecule has 14 heteroatoms. The van der Waals surface area contributed by atoms with Crippen LogP contribution in [0.3, 0.4) is 0 Å². The average molecular weight is 720 g/mol. The number of aromatic hydroxyl groups is 1. The van der Waals surface area contributed by atoms with Crippen LogP contribution in [-0.2, 0) is 24.6 Å². The Morgan fingerprint density at radius 3 is 2.36 bits per heavy atom. The zero-order valence-electron chi connectivity index (χ0n) is 26.7. The molecule has 0 unspecified atom stereocenters. The lowest BCUT2D eigenvalue weighted by molar-refractivity contribution is -0.119. The normalized spacial score (nSPS) is 13.7. The van der Waals surface area contributed by atoms with E-state index in [9.17, 15) is 14.3 Å². The number of nitrogens with one attached hydrogen (secondary N) is 1. The van der Waals surface area contributed by atoms with Crippen molar-refractivity contribution in [1.82, 2.24) is 25.4 Å². The van der Waals surface area contributed by atoms with Crippen LogP contribution in [0, 0.1) is 5.82 Å². The second-order valence-electron chi connectivity index (χ2n) is 11.5. The van der Waals surface area contributed by atoms with Gasteiger partial charge < -0.3 is 24.0 Å². The Bertz CT molecular complexity index is 1970. The molecular formula is C36H33Cl2FN6O5. The minimum Gasteiger partial charge on any atom is -0.507 e. The van der Waals surface area contributed by atoms with Gasteiger partial charge >= 0.3 is 0 Å². The van der Waals surface area contributed by atoms with Crippen molar-refractivity contribution < 1.29 is 28.3 Å². The molecule has 11 nitrogen and oxygen atoms in total. The number of amides is 1. The highest BCUT2D eigenvalue weighted by Crippen LogP contribution is 2.29. The number of nitrogens with zero attached hydrogens (tertiary/aromatic N) is 4. The first-order valence-electron chi connectivity index (χ1n) is 15.6. The molecule has 1 saturated heterocycles. The van der Waals surface area contributed by atoms with Crippen molar-refractivity contribution in [3.05, 3.63) is 129 Å². The summed E-state index contributed by atoms with van der Waals surface area (Å²) in [5, 5.41) is 15.9. The summed E-state index contributed by atoms with van der Waals surface area (Å²) in [6, 6.07) is 23.5. The van der Waals surface area contributed by atoms with Crippen molar-refractivity contribution >= 4 is 35.2 Å². The molecule has 1 aromatic heterocycles. The van der Waals surface area contributed by atoms with Gasteiger partial charge in [-0.1, -0.05) is 58.7 Å². The number of aromatic nitrogens is 2. The minimum absolute atomic E-state index is 0.0640. The number of benzene rings is 4. The van der Waals surface area contributed by atoms with E-state index < -0.39 is 5.91 Å². The van der Waals surface area contributed by atoms with E-state index in [1.165, 1.54) is 18.2 Å². The highest BCUT2D eigenvalue weighted by Gasteiger charge is 2.24. The van der Waals surface area contributed by atoms with E-state index in [1.54, 1.807) is 48.5 Å². The summed E-state index contributed by atoms with van der Waals surface area (Å²) in [4.78, 5) is 21.4. The smallest absolute Gasteiger partial charge is 0.281 e. The number of rotatable bonds is 12. The fourth-order valence-electron chi connectivity index (χ4n) is 5.28. The molecule has 0 bridgehead atoms. The Labute approximate surface area is 297 Å². The van der Waals surface area contributed by atoms with E-state index in [4.69, 9.17) is 43.0 Å². The first kappa shape index (κ1) is 34.7. The summed E-state index contributed by atoms with van der Waals surface area (Å²) in [5.74, 6) is 6.62. The molecule has 2 heterocycles. The van der Waals surface area contributed by atoms with Crippen molar-refractivity contribution in [3.8, 4) is 28.6 Å². The molecule has 50 heavy (non-hydrogen) atoms. The number of phenolic OH excluding ortho intramolecular Hbond substituents is 1. The highest BCUT2D eigenvalue weighted by atomic mass is 35.5. The molecule has 0 radical (unpaired) electrons. The maximum absolute atomic E-state index is 13.1. The molecule has 1 amide bonds. The molecule has 0 aliphatic carbocycles. The van der Waals surface area contributed by atoms with Crippen LogP contribution in [0.2, 0.25) is 10.0 Å². The van der Waals surface area contributed by atoms with Crippen molar-refractivity contribution in [1.29, 1.82) is 0 Å². The van der Waals surface area contributed by atoms with Crippen LogP contribution in [0.5, 0.6) is 17.2 Å². The quantitative estimate of drug-likeness (QED) is 0.0592. The maximum atomic E-state index is 13.1. The van der Waals surface area contributed by atoms with Crippen LogP contribution in [0.4, 0.5) is 4.39 Å². The number of nitrogens with two attached hydrogens (primary N) is 1. The molecule has 6 rings (SSSR count). The van der Waals surface area contributed by atoms with E-state index in [0.717, 1.165) is 16.7 Å². The molecule has 1 aliphatic rings. The highest BCUT2D eigenvalue weighted by molar-refractivity contribution is 6.35. The molecule has 0 saturated carbocycles. The van der Waals surface area contributed by atoms with Gasteiger partial charge in [-0.05, 0) is 60.2 Å². The summed E-state index contributed by atoms with van der Waals surface area (Å²) in [5.41, 5.74) is 5.43. The molecule has 5 aromatic rings. The number of hydrazine groups is 1. The van der Waals surface area contributed by atoms with Crippen LogP contribution < -0.4 is 20.7 Å². The Hall–Kier alpha value is -5.14. The SMILES string of the molecule is NNC(=O)C(=Cc1ccc(OCc2ccc(Cl)cc2Cl)cc1O)N1CCN(Cc2nc(-c3ccc(COc4ccc(F)cc4)cc3)no2)CC1. The van der Waals surface area contributed by atoms with Crippen LogP contribution in [0.15, 0.2) is 95.1 Å². The Balaban J connectivity index is 1.02. The van der Waals surface area contributed by atoms with Gasteiger partial charge in [0.2, 0.25) is 11.7 Å². The number of carbonyl (C=O) groups is 1. The monoisotopic (exact) mass is 718 g/mol. The molecule has 4 N–H and O–H groups in total. The summed E-state index contributed by atoms with van der Waals surface area (Å²) in [6.07, 6.45) is 1.59. The van der Waals surface area contributed by atoms with Gasteiger partial charge in [0.1, 0.15) is 42.0 Å². The lowest BCUT2D eigenvalue weighted by Gasteiger charge is -2.36. The average Bonchev–Trinajstić information content (AvgIpc) is 3.59. The first-order valence-corrected chi connectivity index (χ1v) is 16.4. The number of ether oxygens (including phenoxy) is 2. The van der Waals surface area contributed by atoms with Crippen LogP contribution >= 0.6 is 23.2 Å². The van der Waals surface area contributed by atoms with Crippen molar-refractivity contribution in [2.24, 2.45) is 5.84 Å². The van der Waals surface area contributed by atoms with Gasteiger partial charge in [-0.25, -0.2) is 10.2 Å². The Morgan fingerprint density at radius 1 is 0.940 bits per heavy atom. The van der Waals surface area contributed by atoms with Gasteiger partial charge in [0.05, 0.1) is 6.54 Å².